The average Bonchev–Trinajstić information content (AvgIpc) is 3.03. The Labute approximate surface area is 245 Å². The van der Waals surface area contributed by atoms with Crippen molar-refractivity contribution < 1.29 is 0 Å². The van der Waals surface area contributed by atoms with Gasteiger partial charge in [-0.25, -0.2) is 0 Å². The van der Waals surface area contributed by atoms with Gasteiger partial charge < -0.3 is 9.80 Å². The molecule has 0 amide bonds. The van der Waals surface area contributed by atoms with Crippen molar-refractivity contribution in [2.75, 3.05) is 16.8 Å². The summed E-state index contributed by atoms with van der Waals surface area (Å²) in [5.74, 6) is 1.12. The highest BCUT2D eigenvalue weighted by atomic mass is 15.2. The van der Waals surface area contributed by atoms with Crippen LogP contribution in [0.4, 0.5) is 17.1 Å². The highest BCUT2D eigenvalue weighted by Crippen LogP contribution is 2.39. The van der Waals surface area contributed by atoms with E-state index in [1.54, 1.807) is 0 Å². The van der Waals surface area contributed by atoms with E-state index in [0.717, 1.165) is 0 Å². The van der Waals surface area contributed by atoms with E-state index in [1.807, 2.05) is 0 Å². The highest BCUT2D eigenvalue weighted by molar-refractivity contribution is 5.73. The Morgan fingerprint density at radius 3 is 1.80 bits per heavy atom. The van der Waals surface area contributed by atoms with Crippen molar-refractivity contribution >= 4 is 17.1 Å². The van der Waals surface area contributed by atoms with Gasteiger partial charge in [-0.05, 0) is 71.0 Å². The standard InChI is InChI=1S/C39H38N2/c1-29-27-36(40(3)34-17-9-5-10-18-34)23-24-38(29)33-22-25-39(30(2)26-33)41(35-19-11-6-12-20-35)37-21-13-16-32(28-37)31-14-7-4-8-15-31/h4-30,38-39H,1-3H3. The normalized spacial score (nSPS) is 21.6. The Bertz CT molecular complexity index is 1580. The first-order chi connectivity index (χ1) is 20.1. The molecule has 0 spiro atoms. The molecule has 0 fully saturated rings. The van der Waals surface area contributed by atoms with Gasteiger partial charge in [0, 0.05) is 35.7 Å². The molecular formula is C39H38N2. The summed E-state index contributed by atoms with van der Waals surface area (Å²) in [6, 6.07) is 41.2. The molecule has 41 heavy (non-hydrogen) atoms. The number of para-hydroxylation sites is 2. The van der Waals surface area contributed by atoms with E-state index in [1.165, 1.54) is 39.5 Å². The van der Waals surface area contributed by atoms with Gasteiger partial charge in [-0.15, -0.1) is 0 Å². The molecule has 4 aromatic rings. The monoisotopic (exact) mass is 534 g/mol. The third-order valence-electron chi connectivity index (χ3n) is 8.43. The predicted molar refractivity (Wildman–Crippen MR) is 175 cm³/mol. The van der Waals surface area contributed by atoms with Crippen LogP contribution >= 0.6 is 0 Å². The molecule has 0 heterocycles. The molecule has 4 atom stereocenters. The third-order valence-corrected chi connectivity index (χ3v) is 8.43. The van der Waals surface area contributed by atoms with Gasteiger partial charge in [-0.2, -0.15) is 0 Å². The first-order valence-corrected chi connectivity index (χ1v) is 14.7. The molecule has 0 saturated heterocycles. The van der Waals surface area contributed by atoms with Gasteiger partial charge in [0.25, 0.3) is 0 Å². The minimum Gasteiger partial charge on any atom is -0.345 e. The van der Waals surface area contributed by atoms with E-state index in [9.17, 15) is 0 Å². The van der Waals surface area contributed by atoms with Crippen molar-refractivity contribution in [2.24, 2.45) is 17.8 Å². The fraction of sp³-hybridized carbons (Fsp3) is 0.179. The predicted octanol–water partition coefficient (Wildman–Crippen LogP) is 9.83. The van der Waals surface area contributed by atoms with Gasteiger partial charge in [0.1, 0.15) is 0 Å². The summed E-state index contributed by atoms with van der Waals surface area (Å²) in [5, 5.41) is 0. The van der Waals surface area contributed by atoms with Crippen LogP contribution in [0, 0.1) is 17.8 Å². The Morgan fingerprint density at radius 2 is 1.15 bits per heavy atom. The van der Waals surface area contributed by atoms with Crippen molar-refractivity contribution in [1.82, 2.24) is 0 Å². The highest BCUT2D eigenvalue weighted by Gasteiger charge is 2.29. The Hall–Kier alpha value is -4.56. The van der Waals surface area contributed by atoms with Crippen molar-refractivity contribution in [3.63, 3.8) is 0 Å². The lowest BCUT2D eigenvalue weighted by Gasteiger charge is -2.38. The van der Waals surface area contributed by atoms with Gasteiger partial charge >= 0.3 is 0 Å². The van der Waals surface area contributed by atoms with Crippen molar-refractivity contribution in [1.29, 1.82) is 0 Å². The van der Waals surface area contributed by atoms with Crippen LogP contribution in [0.3, 0.4) is 0 Å². The summed E-state index contributed by atoms with van der Waals surface area (Å²) < 4.78 is 0. The van der Waals surface area contributed by atoms with Gasteiger partial charge in [0.2, 0.25) is 0 Å². The van der Waals surface area contributed by atoms with Crippen molar-refractivity contribution in [2.45, 2.75) is 19.9 Å². The summed E-state index contributed by atoms with van der Waals surface area (Å²) in [5.41, 5.74) is 8.75. The smallest absolute Gasteiger partial charge is 0.0585 e. The van der Waals surface area contributed by atoms with Crippen molar-refractivity contribution in [3.05, 3.63) is 163 Å². The number of benzene rings is 4. The summed E-state index contributed by atoms with van der Waals surface area (Å²) in [6.45, 7) is 4.69. The third kappa shape index (κ3) is 5.69. The van der Waals surface area contributed by atoms with E-state index < -0.39 is 0 Å². The lowest BCUT2D eigenvalue weighted by molar-refractivity contribution is 0.548. The molecule has 2 heteroatoms. The van der Waals surface area contributed by atoms with Crippen LogP contribution in [0.25, 0.3) is 11.1 Å². The molecule has 2 aliphatic rings. The quantitative estimate of drug-likeness (QED) is 0.233. The maximum atomic E-state index is 2.49. The zero-order valence-corrected chi connectivity index (χ0v) is 24.1. The maximum Gasteiger partial charge on any atom is 0.0585 e. The van der Waals surface area contributed by atoms with Crippen LogP contribution in [0.1, 0.15) is 13.8 Å². The molecule has 4 aromatic carbocycles. The zero-order valence-electron chi connectivity index (χ0n) is 24.1. The first kappa shape index (κ1) is 26.7. The van der Waals surface area contributed by atoms with Crippen molar-refractivity contribution in [3.8, 4) is 11.1 Å². The second-order valence-corrected chi connectivity index (χ2v) is 11.2. The molecule has 204 valence electrons. The lowest BCUT2D eigenvalue weighted by Crippen LogP contribution is -2.36. The van der Waals surface area contributed by atoms with Crippen LogP contribution in [0.5, 0.6) is 0 Å². The van der Waals surface area contributed by atoms with E-state index >= 15 is 0 Å². The lowest BCUT2D eigenvalue weighted by atomic mass is 9.78. The molecule has 0 bridgehead atoms. The van der Waals surface area contributed by atoms with E-state index in [0.29, 0.717) is 17.8 Å². The Kier molecular flexibility index (Phi) is 7.73. The summed E-state index contributed by atoms with van der Waals surface area (Å²) in [4.78, 5) is 4.77. The Balaban J connectivity index is 1.26. The topological polar surface area (TPSA) is 6.48 Å². The molecule has 2 aliphatic carbocycles. The minimum atomic E-state index is 0.213. The van der Waals surface area contributed by atoms with E-state index in [2.05, 4.69) is 182 Å². The van der Waals surface area contributed by atoms with Crippen LogP contribution in [-0.2, 0) is 0 Å². The number of nitrogens with zero attached hydrogens (tertiary/aromatic N) is 2. The molecule has 0 saturated carbocycles. The van der Waals surface area contributed by atoms with Gasteiger partial charge in [0.15, 0.2) is 0 Å². The first-order valence-electron chi connectivity index (χ1n) is 14.7. The maximum absolute atomic E-state index is 2.49. The average molecular weight is 535 g/mol. The molecule has 2 nitrogen and oxygen atoms in total. The Morgan fingerprint density at radius 1 is 0.537 bits per heavy atom. The second kappa shape index (κ2) is 11.9. The largest absolute Gasteiger partial charge is 0.345 e. The molecule has 4 unspecified atom stereocenters. The van der Waals surface area contributed by atoms with Gasteiger partial charge in [0.05, 0.1) is 6.04 Å². The number of rotatable bonds is 7. The van der Waals surface area contributed by atoms with Crippen LogP contribution in [-0.4, -0.2) is 13.1 Å². The summed E-state index contributed by atoms with van der Waals surface area (Å²) in [6.07, 6.45) is 14.4. The SMILES string of the molecule is CC1C=C(N(C)c2ccccc2)C=CC1C1=CC(C)C(N(c2ccccc2)c2cccc(-c3ccccc3)c2)C=C1. The molecule has 0 N–H and O–H groups in total. The van der Waals surface area contributed by atoms with Gasteiger partial charge in [-0.1, -0.05) is 123 Å². The van der Waals surface area contributed by atoms with Gasteiger partial charge in [-0.3, -0.25) is 0 Å². The fourth-order valence-corrected chi connectivity index (χ4v) is 6.18. The number of allylic oxidation sites excluding steroid dienone is 5. The molecule has 0 aromatic heterocycles. The summed E-state index contributed by atoms with van der Waals surface area (Å²) >= 11 is 0. The van der Waals surface area contributed by atoms with E-state index in [-0.39, 0.29) is 6.04 Å². The second-order valence-electron chi connectivity index (χ2n) is 11.2. The minimum absolute atomic E-state index is 0.213. The fourth-order valence-electron chi connectivity index (χ4n) is 6.18. The number of likely N-dealkylation sites (N-methyl/N-ethyl adjacent to an activating group) is 1. The zero-order chi connectivity index (χ0) is 28.2. The molecule has 0 radical (unpaired) electrons. The molecule has 0 aliphatic heterocycles. The number of hydrogen-bond donors (Lipinski definition) is 0. The number of hydrogen-bond acceptors (Lipinski definition) is 2. The molecule has 6 rings (SSSR count). The number of anilines is 3. The van der Waals surface area contributed by atoms with Crippen LogP contribution in [0.15, 0.2) is 163 Å². The van der Waals surface area contributed by atoms with E-state index in [4.69, 9.17) is 0 Å². The molecular weight excluding hydrogens is 496 g/mol. The summed E-state index contributed by atoms with van der Waals surface area (Å²) in [7, 11) is 2.15. The van der Waals surface area contributed by atoms with Crippen LogP contribution < -0.4 is 9.80 Å². The van der Waals surface area contributed by atoms with Crippen LogP contribution in [0.2, 0.25) is 0 Å².